The lowest BCUT2D eigenvalue weighted by Gasteiger charge is -2.44. The molecule has 9 rings (SSSR count). The minimum Gasteiger partial charge on any atom is -0.490 e. The Morgan fingerprint density at radius 1 is 0.776 bits per heavy atom. The highest BCUT2D eigenvalue weighted by Gasteiger charge is 2.40. The molecule has 1 fully saturated rings. The van der Waals surface area contributed by atoms with Crippen LogP contribution < -0.4 is 24.6 Å². The van der Waals surface area contributed by atoms with Crippen LogP contribution in [0.4, 0.5) is 16.2 Å². The van der Waals surface area contributed by atoms with Crippen LogP contribution >= 0.6 is 22.6 Å². The van der Waals surface area contributed by atoms with Crippen LogP contribution in [0.25, 0.3) is 16.8 Å². The van der Waals surface area contributed by atoms with Crippen molar-refractivity contribution in [2.75, 3.05) is 29.5 Å². The summed E-state index contributed by atoms with van der Waals surface area (Å²) in [5.41, 5.74) is 8.79. The lowest BCUT2D eigenvalue weighted by molar-refractivity contribution is -0.122. The van der Waals surface area contributed by atoms with Gasteiger partial charge in [0.05, 0.1) is 15.9 Å². The van der Waals surface area contributed by atoms with Crippen LogP contribution in [0.3, 0.4) is 0 Å². The number of rotatable bonds is 9. The van der Waals surface area contributed by atoms with E-state index in [2.05, 4.69) is 113 Å². The molecular weight excluding hydrogens is 837 g/mol. The Morgan fingerprint density at radius 3 is 2.07 bits per heavy atom. The van der Waals surface area contributed by atoms with E-state index in [1.165, 1.54) is 22.9 Å². The average molecular weight is 880 g/mol. The SMILES string of the molecule is CCOc1cc(/C=C2\C(=O)NC(=O)N(c3cc4c5c(c3)[C@H](c3ccccc3)CCN5CC[C@@H]4c3ccccc3)C2=O)cc(I)c1OCc1c(C)ccc2ccccc12. The highest BCUT2D eigenvalue weighted by molar-refractivity contribution is 14.1. The smallest absolute Gasteiger partial charge is 0.335 e. The lowest BCUT2D eigenvalue weighted by atomic mass is 9.76. The van der Waals surface area contributed by atoms with Crippen molar-refractivity contribution >= 4 is 68.7 Å². The Balaban J connectivity index is 1.09. The van der Waals surface area contributed by atoms with E-state index in [1.807, 2.05) is 49.4 Å². The van der Waals surface area contributed by atoms with Crippen molar-refractivity contribution in [3.8, 4) is 11.5 Å². The second-order valence-electron chi connectivity index (χ2n) is 15.1. The fourth-order valence-corrected chi connectivity index (χ4v) is 9.66. The summed E-state index contributed by atoms with van der Waals surface area (Å²) in [6, 6.07) is 40.1. The van der Waals surface area contributed by atoms with Crippen LogP contribution in [-0.2, 0) is 16.2 Å². The predicted molar refractivity (Wildman–Crippen MR) is 237 cm³/mol. The van der Waals surface area contributed by atoms with E-state index >= 15 is 0 Å². The summed E-state index contributed by atoms with van der Waals surface area (Å²) in [6.45, 7) is 6.52. The first-order chi connectivity index (χ1) is 28.3. The third-order valence-electron chi connectivity index (χ3n) is 11.6. The number of carbonyl (C=O) groups excluding carboxylic acids is 3. The van der Waals surface area contributed by atoms with E-state index in [-0.39, 0.29) is 17.4 Å². The van der Waals surface area contributed by atoms with Gasteiger partial charge in [-0.1, -0.05) is 97.1 Å². The Morgan fingerprint density at radius 2 is 1.41 bits per heavy atom. The number of aryl methyl sites for hydroxylation is 1. The monoisotopic (exact) mass is 879 g/mol. The summed E-state index contributed by atoms with van der Waals surface area (Å²) >= 11 is 2.20. The Bertz CT molecular complexity index is 2550. The first kappa shape index (κ1) is 37.6. The maximum Gasteiger partial charge on any atom is 0.335 e. The molecule has 0 spiro atoms. The third kappa shape index (κ3) is 6.91. The zero-order valence-corrected chi connectivity index (χ0v) is 34.5. The number of barbiturate groups is 1. The molecule has 1 saturated heterocycles. The van der Waals surface area contributed by atoms with Crippen molar-refractivity contribution in [1.29, 1.82) is 0 Å². The van der Waals surface area contributed by atoms with Gasteiger partial charge in [-0.3, -0.25) is 14.9 Å². The largest absolute Gasteiger partial charge is 0.490 e. The number of imide groups is 2. The molecule has 58 heavy (non-hydrogen) atoms. The number of fused-ring (bicyclic) bond motifs is 1. The van der Waals surface area contributed by atoms with Crippen molar-refractivity contribution in [1.82, 2.24) is 5.32 Å². The van der Waals surface area contributed by atoms with Crippen molar-refractivity contribution in [2.24, 2.45) is 0 Å². The maximum absolute atomic E-state index is 14.6. The minimum atomic E-state index is -0.771. The van der Waals surface area contributed by atoms with Crippen LogP contribution in [0.15, 0.2) is 127 Å². The minimum absolute atomic E-state index is 0.0737. The van der Waals surface area contributed by atoms with Gasteiger partial charge in [0, 0.05) is 36.2 Å². The van der Waals surface area contributed by atoms with Gasteiger partial charge < -0.3 is 14.4 Å². The van der Waals surface area contributed by atoms with E-state index in [1.54, 1.807) is 6.07 Å². The van der Waals surface area contributed by atoms with Gasteiger partial charge in [0.15, 0.2) is 11.5 Å². The van der Waals surface area contributed by atoms with Gasteiger partial charge in [0.1, 0.15) is 12.2 Å². The van der Waals surface area contributed by atoms with Gasteiger partial charge in [0.25, 0.3) is 11.8 Å². The third-order valence-corrected chi connectivity index (χ3v) is 12.4. The van der Waals surface area contributed by atoms with Gasteiger partial charge in [-0.2, -0.15) is 0 Å². The van der Waals surface area contributed by atoms with Gasteiger partial charge in [-0.25, -0.2) is 9.69 Å². The molecule has 0 unspecified atom stereocenters. The van der Waals surface area contributed by atoms with E-state index in [0.29, 0.717) is 36.0 Å². The van der Waals surface area contributed by atoms with E-state index in [0.717, 1.165) is 67.4 Å². The van der Waals surface area contributed by atoms with Crippen LogP contribution in [0.1, 0.15) is 70.5 Å². The summed E-state index contributed by atoms with van der Waals surface area (Å²) in [4.78, 5) is 45.5. The Kier molecular flexibility index (Phi) is 10.2. The van der Waals surface area contributed by atoms with E-state index in [4.69, 9.17) is 9.47 Å². The van der Waals surface area contributed by atoms with Crippen LogP contribution in [0.5, 0.6) is 11.5 Å². The van der Waals surface area contributed by atoms with Gasteiger partial charge >= 0.3 is 6.03 Å². The fourth-order valence-electron chi connectivity index (χ4n) is 8.88. The molecule has 4 amide bonds. The highest BCUT2D eigenvalue weighted by atomic mass is 127. The second-order valence-corrected chi connectivity index (χ2v) is 16.2. The molecule has 2 atom stereocenters. The summed E-state index contributed by atoms with van der Waals surface area (Å²) in [7, 11) is 0. The van der Waals surface area contributed by atoms with Crippen molar-refractivity contribution in [3.05, 3.63) is 169 Å². The molecule has 3 aliphatic heterocycles. The molecular formula is C49H42IN3O5. The zero-order valence-electron chi connectivity index (χ0n) is 32.3. The number of nitrogens with zero attached hydrogens (tertiary/aromatic N) is 2. The number of benzene rings is 6. The van der Waals surface area contributed by atoms with Crippen molar-refractivity contribution < 1.29 is 23.9 Å². The van der Waals surface area contributed by atoms with Gasteiger partial charge in [-0.05, 0) is 124 Å². The highest BCUT2D eigenvalue weighted by Crippen LogP contribution is 2.50. The standard InChI is InChI=1S/C49H42IN3O5/c1-3-57-44-26-31(25-43(50)46(44)58-29-42-30(2)18-19-34-16-10-11-17-36(34)42)24-41-47(54)51-49(56)53(48(41)55)35-27-39-37(32-12-6-4-7-13-32)20-22-52-23-21-38(40(28-35)45(39)52)33-14-8-5-9-15-33/h4-19,24-28,37-38H,3,20-23,29H2,1-2H3,(H,51,54,56)/b41-24+/t37-,38+. The van der Waals surface area contributed by atoms with E-state index in [9.17, 15) is 14.4 Å². The summed E-state index contributed by atoms with van der Waals surface area (Å²) < 4.78 is 13.3. The van der Waals surface area contributed by atoms with Gasteiger partial charge in [0.2, 0.25) is 0 Å². The molecule has 3 heterocycles. The summed E-state index contributed by atoms with van der Waals surface area (Å²) in [5.74, 6) is -0.217. The molecule has 8 nitrogen and oxygen atoms in total. The first-order valence-corrected chi connectivity index (χ1v) is 20.9. The predicted octanol–water partition coefficient (Wildman–Crippen LogP) is 10.3. The number of halogens is 1. The lowest BCUT2D eigenvalue weighted by Crippen LogP contribution is -2.54. The number of amides is 4. The number of carbonyl (C=O) groups is 3. The molecule has 0 aliphatic carbocycles. The molecule has 0 bridgehead atoms. The normalized spacial score (nSPS) is 18.3. The molecule has 6 aromatic carbocycles. The molecule has 0 radical (unpaired) electrons. The fraction of sp³-hybridized carbons (Fsp3) is 0.204. The molecule has 290 valence electrons. The molecule has 9 heteroatoms. The zero-order chi connectivity index (χ0) is 39.9. The molecule has 1 N–H and O–H groups in total. The summed E-state index contributed by atoms with van der Waals surface area (Å²) in [5, 5.41) is 4.74. The Hall–Kier alpha value is -5.94. The molecule has 3 aliphatic rings. The second kappa shape index (κ2) is 15.8. The maximum atomic E-state index is 14.6. The Labute approximate surface area is 351 Å². The first-order valence-electron chi connectivity index (χ1n) is 19.8. The number of hydrogen-bond donors (Lipinski definition) is 1. The van der Waals surface area contributed by atoms with Gasteiger partial charge in [-0.15, -0.1) is 0 Å². The average Bonchev–Trinajstić information content (AvgIpc) is 3.23. The quantitative estimate of drug-likeness (QED) is 0.0884. The molecule has 6 aromatic rings. The number of urea groups is 1. The topological polar surface area (TPSA) is 88.2 Å². The number of ether oxygens (including phenoxy) is 2. The van der Waals surface area contributed by atoms with Crippen molar-refractivity contribution in [3.63, 3.8) is 0 Å². The summed E-state index contributed by atoms with van der Waals surface area (Å²) in [6.07, 6.45) is 3.34. The van der Waals surface area contributed by atoms with Crippen molar-refractivity contribution in [2.45, 2.75) is 45.1 Å². The number of anilines is 2. The van der Waals surface area contributed by atoms with Crippen LogP contribution in [-0.4, -0.2) is 37.5 Å². The van der Waals surface area contributed by atoms with Crippen LogP contribution in [0.2, 0.25) is 0 Å². The van der Waals surface area contributed by atoms with Crippen LogP contribution in [0, 0.1) is 10.5 Å². The molecule has 0 aromatic heterocycles. The number of nitrogens with one attached hydrogen (secondary N) is 1. The number of hydrogen-bond acceptors (Lipinski definition) is 6. The van der Waals surface area contributed by atoms with E-state index < -0.39 is 17.8 Å². The molecule has 0 saturated carbocycles.